The van der Waals surface area contributed by atoms with Crippen molar-refractivity contribution in [2.24, 2.45) is 5.14 Å². The Bertz CT molecular complexity index is 1120. The van der Waals surface area contributed by atoms with Crippen molar-refractivity contribution in [2.45, 2.75) is 31.2 Å². The third kappa shape index (κ3) is 5.57. The Hall–Kier alpha value is -2.88. The predicted octanol–water partition coefficient (Wildman–Crippen LogP) is 2.32. The van der Waals surface area contributed by atoms with E-state index in [2.05, 4.69) is 31.7 Å². The number of nitrogens with two attached hydrogens (primary N) is 1. The summed E-state index contributed by atoms with van der Waals surface area (Å²) < 4.78 is 22.6. The maximum atomic E-state index is 11.3. The fourth-order valence-corrected chi connectivity index (χ4v) is 3.67. The number of aromatic nitrogens is 3. The quantitative estimate of drug-likeness (QED) is 0.521. The van der Waals surface area contributed by atoms with Crippen LogP contribution < -0.4 is 15.8 Å². The minimum absolute atomic E-state index is 0.230. The van der Waals surface area contributed by atoms with Crippen LogP contribution in [0.15, 0.2) is 54.9 Å². The highest BCUT2D eigenvalue weighted by molar-refractivity contribution is 7.88. The molecule has 3 aromatic rings. The van der Waals surface area contributed by atoms with E-state index in [1.807, 2.05) is 24.3 Å². The molecule has 29 heavy (non-hydrogen) atoms. The van der Waals surface area contributed by atoms with Crippen LogP contribution in [0.1, 0.15) is 24.0 Å². The number of nitrogens with zero attached hydrogens (tertiary/aromatic N) is 3. The first kappa shape index (κ1) is 19.4. The average molecular weight is 411 g/mol. The number of nitrogens with one attached hydrogen (secondary N) is 2. The minimum atomic E-state index is -3.60. The predicted molar refractivity (Wildman–Crippen MR) is 112 cm³/mol. The fourth-order valence-electron chi connectivity index (χ4n) is 3.02. The second-order valence-corrected chi connectivity index (χ2v) is 8.69. The van der Waals surface area contributed by atoms with E-state index >= 15 is 0 Å². The van der Waals surface area contributed by atoms with E-state index in [0.717, 1.165) is 17.7 Å². The Balaban J connectivity index is 1.55. The van der Waals surface area contributed by atoms with Gasteiger partial charge in [-0.25, -0.2) is 23.5 Å². The molecule has 4 rings (SSSR count). The van der Waals surface area contributed by atoms with Gasteiger partial charge in [0.1, 0.15) is 6.33 Å². The van der Waals surface area contributed by atoms with E-state index in [1.165, 1.54) is 19.2 Å². The van der Waals surface area contributed by atoms with E-state index in [1.54, 1.807) is 18.2 Å². The lowest BCUT2D eigenvalue weighted by Crippen LogP contribution is -2.16. The Morgan fingerprint density at radius 2 is 1.90 bits per heavy atom. The van der Waals surface area contributed by atoms with Gasteiger partial charge in [-0.05, 0) is 36.1 Å². The molecule has 2 aromatic carbocycles. The van der Waals surface area contributed by atoms with Crippen molar-refractivity contribution in [1.29, 1.82) is 0 Å². The van der Waals surface area contributed by atoms with Gasteiger partial charge in [0, 0.05) is 23.8 Å². The number of sulfonamides is 1. The van der Waals surface area contributed by atoms with E-state index < -0.39 is 10.0 Å². The zero-order valence-electron chi connectivity index (χ0n) is 15.7. The maximum Gasteiger partial charge on any atom is 0.230 e. The van der Waals surface area contributed by atoms with E-state index in [0.29, 0.717) is 29.1 Å². The number of primary sulfonamides is 1. The van der Waals surface area contributed by atoms with Crippen molar-refractivity contribution in [3.63, 3.8) is 0 Å². The summed E-state index contributed by atoms with van der Waals surface area (Å²) in [5.41, 5.74) is 3.34. The molecule has 8 nitrogen and oxygen atoms in total. The number of hydrogen-bond donors (Lipinski definition) is 3. The highest BCUT2D eigenvalue weighted by atomic mass is 32.2. The van der Waals surface area contributed by atoms with Crippen LogP contribution in [0.4, 0.5) is 11.6 Å². The normalized spacial score (nSPS) is 14.0. The van der Waals surface area contributed by atoms with Crippen molar-refractivity contribution in [1.82, 2.24) is 20.3 Å². The van der Waals surface area contributed by atoms with Gasteiger partial charge in [0.05, 0.1) is 5.75 Å². The molecule has 0 aliphatic heterocycles. The van der Waals surface area contributed by atoms with E-state index in [-0.39, 0.29) is 5.75 Å². The zero-order valence-corrected chi connectivity index (χ0v) is 16.6. The summed E-state index contributed by atoms with van der Waals surface area (Å²) in [5, 5.41) is 11.8. The van der Waals surface area contributed by atoms with Crippen LogP contribution in [0, 0.1) is 0 Å². The highest BCUT2D eigenvalue weighted by Gasteiger charge is 2.20. The topological polar surface area (TPSA) is 123 Å². The van der Waals surface area contributed by atoms with Crippen LogP contribution in [-0.4, -0.2) is 29.4 Å². The Kier molecular flexibility index (Phi) is 5.52. The van der Waals surface area contributed by atoms with Crippen molar-refractivity contribution in [3.8, 4) is 11.4 Å². The molecular formula is C20H22N6O2S. The second-order valence-electron chi connectivity index (χ2n) is 7.08. The summed E-state index contributed by atoms with van der Waals surface area (Å²) in [4.78, 5) is 13.1. The number of rotatable bonds is 8. The lowest BCUT2D eigenvalue weighted by Gasteiger charge is -2.11. The monoisotopic (exact) mass is 410 g/mol. The summed E-state index contributed by atoms with van der Waals surface area (Å²) in [6, 6.07) is 15.6. The van der Waals surface area contributed by atoms with Gasteiger partial charge in [-0.15, -0.1) is 0 Å². The molecule has 1 aliphatic carbocycles. The maximum absolute atomic E-state index is 11.3. The summed E-state index contributed by atoms with van der Waals surface area (Å²) >= 11 is 0. The van der Waals surface area contributed by atoms with Crippen LogP contribution in [0.25, 0.3) is 11.4 Å². The van der Waals surface area contributed by atoms with Gasteiger partial charge < -0.3 is 10.6 Å². The summed E-state index contributed by atoms with van der Waals surface area (Å²) in [5.74, 6) is 0.732. The summed E-state index contributed by atoms with van der Waals surface area (Å²) in [7, 11) is -3.60. The summed E-state index contributed by atoms with van der Waals surface area (Å²) in [6.45, 7) is 0.769. The molecule has 4 N–H and O–H groups in total. The molecule has 0 spiro atoms. The van der Waals surface area contributed by atoms with Gasteiger partial charge in [0.25, 0.3) is 0 Å². The molecule has 0 bridgehead atoms. The van der Waals surface area contributed by atoms with Gasteiger partial charge in [0.15, 0.2) is 5.82 Å². The molecule has 150 valence electrons. The molecule has 0 saturated heterocycles. The van der Waals surface area contributed by atoms with E-state index in [9.17, 15) is 8.42 Å². The minimum Gasteiger partial charge on any atom is -0.324 e. The Labute approximate surface area is 169 Å². The number of benzene rings is 2. The molecule has 1 heterocycles. The van der Waals surface area contributed by atoms with Gasteiger partial charge in [0.2, 0.25) is 16.0 Å². The molecule has 0 atom stereocenters. The first-order valence-corrected chi connectivity index (χ1v) is 11.0. The van der Waals surface area contributed by atoms with Crippen LogP contribution >= 0.6 is 0 Å². The number of hydrogen-bond acceptors (Lipinski definition) is 7. The van der Waals surface area contributed by atoms with Crippen LogP contribution in [0.3, 0.4) is 0 Å². The van der Waals surface area contributed by atoms with Gasteiger partial charge >= 0.3 is 0 Å². The molecule has 0 radical (unpaired) electrons. The number of anilines is 2. The molecule has 9 heteroatoms. The smallest absolute Gasteiger partial charge is 0.230 e. The van der Waals surface area contributed by atoms with Gasteiger partial charge in [-0.3, -0.25) is 0 Å². The first-order valence-electron chi connectivity index (χ1n) is 9.33. The Morgan fingerprint density at radius 1 is 1.07 bits per heavy atom. The molecule has 0 amide bonds. The fraction of sp³-hybridized carbons (Fsp3) is 0.250. The summed E-state index contributed by atoms with van der Waals surface area (Å²) in [6.07, 6.45) is 3.92. The standard InChI is InChI=1S/C20H22N6O2S/c21-29(27,28)12-14-4-3-6-17(10-14)25-20-24-13-23-19(26-20)18-7-2-1-5-15(18)11-22-16-8-9-16/h1-7,10,13,16,22H,8-9,11-12H2,(H2,21,27,28)(H,23,24,25,26). The first-order chi connectivity index (χ1) is 14.0. The van der Waals surface area contributed by atoms with Crippen LogP contribution in [0.5, 0.6) is 0 Å². The van der Waals surface area contributed by atoms with Crippen LogP contribution in [0.2, 0.25) is 0 Å². The van der Waals surface area contributed by atoms with Crippen molar-refractivity contribution >= 4 is 21.7 Å². The van der Waals surface area contributed by atoms with Gasteiger partial charge in [-0.2, -0.15) is 4.98 Å². The van der Waals surface area contributed by atoms with Crippen molar-refractivity contribution in [3.05, 3.63) is 66.0 Å². The highest BCUT2D eigenvalue weighted by Crippen LogP contribution is 2.24. The molecule has 1 fully saturated rings. The van der Waals surface area contributed by atoms with Gasteiger partial charge in [-0.1, -0.05) is 36.4 Å². The molecule has 1 aromatic heterocycles. The van der Waals surface area contributed by atoms with Crippen molar-refractivity contribution in [2.75, 3.05) is 5.32 Å². The third-order valence-electron chi connectivity index (χ3n) is 4.54. The SMILES string of the molecule is NS(=O)(=O)Cc1cccc(Nc2ncnc(-c3ccccc3CNC3CC3)n2)c1. The zero-order chi connectivity index (χ0) is 20.3. The molecule has 0 unspecified atom stereocenters. The third-order valence-corrected chi connectivity index (χ3v) is 5.28. The molecular weight excluding hydrogens is 388 g/mol. The molecule has 1 aliphatic rings. The largest absolute Gasteiger partial charge is 0.324 e. The average Bonchev–Trinajstić information content (AvgIpc) is 3.50. The van der Waals surface area contributed by atoms with Crippen molar-refractivity contribution < 1.29 is 8.42 Å². The van der Waals surface area contributed by atoms with Crippen LogP contribution in [-0.2, 0) is 22.3 Å². The molecule has 1 saturated carbocycles. The lowest BCUT2D eigenvalue weighted by molar-refractivity contribution is 0.597. The lowest BCUT2D eigenvalue weighted by atomic mass is 10.1. The Morgan fingerprint density at radius 3 is 2.69 bits per heavy atom. The second kappa shape index (κ2) is 8.24. The van der Waals surface area contributed by atoms with E-state index in [4.69, 9.17) is 5.14 Å².